The molecule has 2 heterocycles. The Kier molecular flexibility index (Phi) is 10.1. The Morgan fingerprint density at radius 1 is 0.964 bits per heavy atom. The first-order chi connectivity index (χ1) is 13.7. The van der Waals surface area contributed by atoms with Crippen LogP contribution >= 0.6 is 0 Å². The number of pyridine rings is 2. The molecule has 0 aliphatic carbocycles. The predicted molar refractivity (Wildman–Crippen MR) is 109 cm³/mol. The Labute approximate surface area is 165 Å². The van der Waals surface area contributed by atoms with E-state index in [0.717, 1.165) is 43.4 Å². The van der Waals surface area contributed by atoms with E-state index in [2.05, 4.69) is 25.8 Å². The van der Waals surface area contributed by atoms with Crippen LogP contribution in [0.4, 0.5) is 5.69 Å². The van der Waals surface area contributed by atoms with E-state index >= 15 is 0 Å². The first-order valence-corrected chi connectivity index (χ1v) is 9.50. The number of aliphatic imine (C=N–C) groups is 1. The number of carbonyl (C=O) groups is 1. The summed E-state index contributed by atoms with van der Waals surface area (Å²) in [5, 5.41) is 3.02. The molecule has 2 aromatic rings. The zero-order chi connectivity index (χ0) is 19.9. The molecule has 0 bridgehead atoms. The van der Waals surface area contributed by atoms with E-state index in [1.807, 2.05) is 24.3 Å². The van der Waals surface area contributed by atoms with Crippen LogP contribution in [0.15, 0.2) is 54.0 Å². The van der Waals surface area contributed by atoms with Crippen LogP contribution in [0.5, 0.6) is 0 Å². The van der Waals surface area contributed by atoms with Crippen molar-refractivity contribution in [2.24, 2.45) is 10.7 Å². The summed E-state index contributed by atoms with van der Waals surface area (Å²) in [5.74, 6) is 0.322. The van der Waals surface area contributed by atoms with E-state index < -0.39 is 0 Å². The molecule has 0 saturated carbocycles. The molecule has 1 amide bonds. The summed E-state index contributed by atoms with van der Waals surface area (Å²) in [6, 6.07) is 7.36. The van der Waals surface area contributed by atoms with E-state index in [-0.39, 0.29) is 5.91 Å². The Balaban J connectivity index is 1.42. The van der Waals surface area contributed by atoms with E-state index in [9.17, 15) is 4.79 Å². The number of guanidine groups is 1. The second kappa shape index (κ2) is 13.2. The largest absolute Gasteiger partial charge is 0.370 e. The minimum Gasteiger partial charge on any atom is -0.370 e. The Morgan fingerprint density at radius 2 is 1.61 bits per heavy atom. The summed E-state index contributed by atoms with van der Waals surface area (Å²) in [5.41, 5.74) is 10.2. The maximum atomic E-state index is 11.7. The zero-order valence-corrected chi connectivity index (χ0v) is 16.0. The van der Waals surface area contributed by atoms with Gasteiger partial charge in [0.1, 0.15) is 0 Å². The van der Waals surface area contributed by atoms with Gasteiger partial charge in [-0.15, -0.1) is 0 Å². The number of carbonyl (C=O) groups excluding carboxylic acids is 1. The first-order valence-electron chi connectivity index (χ1n) is 9.50. The molecule has 0 atom stereocenters. The van der Waals surface area contributed by atoms with E-state index in [1.54, 1.807) is 24.8 Å². The van der Waals surface area contributed by atoms with Gasteiger partial charge in [0, 0.05) is 43.4 Å². The van der Waals surface area contributed by atoms with Gasteiger partial charge >= 0.3 is 0 Å². The number of hydrogen-bond acceptors (Lipinski definition) is 5. The first kappa shape index (κ1) is 21.3. The van der Waals surface area contributed by atoms with Gasteiger partial charge in [0.15, 0.2) is 5.96 Å². The molecule has 8 nitrogen and oxygen atoms in total. The molecule has 150 valence electrons. The molecule has 0 spiro atoms. The Hall–Kier alpha value is -3.00. The van der Waals surface area contributed by atoms with Crippen molar-refractivity contribution < 1.29 is 9.63 Å². The lowest BCUT2D eigenvalue weighted by molar-refractivity contribution is -0.134. The highest BCUT2D eigenvalue weighted by Gasteiger charge is 2.01. The van der Waals surface area contributed by atoms with Crippen molar-refractivity contribution in [1.29, 1.82) is 0 Å². The zero-order valence-electron chi connectivity index (χ0n) is 16.0. The number of aromatic nitrogens is 2. The normalized spacial score (nSPS) is 11.2. The van der Waals surface area contributed by atoms with Crippen LogP contribution in [-0.4, -0.2) is 28.4 Å². The molecular formula is C20H28N6O2. The molecule has 0 aliphatic heterocycles. The van der Waals surface area contributed by atoms with Crippen molar-refractivity contribution in [2.75, 3.05) is 11.9 Å². The maximum absolute atomic E-state index is 11.7. The number of hydrogen-bond donors (Lipinski definition) is 3. The summed E-state index contributed by atoms with van der Waals surface area (Å²) >= 11 is 0. The lowest BCUT2D eigenvalue weighted by Gasteiger charge is -2.06. The lowest BCUT2D eigenvalue weighted by atomic mass is 10.1. The number of amides is 1. The molecule has 0 aliphatic rings. The average Bonchev–Trinajstić information content (AvgIpc) is 2.71. The fourth-order valence-electron chi connectivity index (χ4n) is 2.48. The molecule has 2 rings (SSSR count). The highest BCUT2D eigenvalue weighted by Crippen LogP contribution is 2.06. The number of nitrogens with zero attached hydrogens (tertiary/aromatic N) is 3. The third-order valence-electron chi connectivity index (χ3n) is 3.97. The van der Waals surface area contributed by atoms with Crippen molar-refractivity contribution in [2.45, 2.75) is 45.1 Å². The summed E-state index contributed by atoms with van der Waals surface area (Å²) in [7, 11) is 0. The monoisotopic (exact) mass is 384 g/mol. The molecule has 4 N–H and O–H groups in total. The molecular weight excluding hydrogens is 356 g/mol. The van der Waals surface area contributed by atoms with Crippen LogP contribution < -0.4 is 16.5 Å². The van der Waals surface area contributed by atoms with Crippen molar-refractivity contribution in [3.63, 3.8) is 0 Å². The standard InChI is InChI=1S/C20H28N6O2/c21-20(25-18-9-14-23-15-10-18)24-11-5-3-1-2-4-6-19(27)26-28-16-17-7-12-22-13-8-17/h7-10,12-15H,1-6,11,16H2,(H,26,27)(H3,21,23,24,25). The topological polar surface area (TPSA) is 115 Å². The van der Waals surface area contributed by atoms with Crippen LogP contribution in [0.25, 0.3) is 0 Å². The third kappa shape index (κ3) is 9.63. The molecule has 0 aromatic carbocycles. The van der Waals surface area contributed by atoms with Crippen molar-refractivity contribution in [1.82, 2.24) is 15.4 Å². The number of hydroxylamine groups is 1. The van der Waals surface area contributed by atoms with Gasteiger partial charge < -0.3 is 11.1 Å². The number of nitrogens with two attached hydrogens (primary N) is 1. The smallest absolute Gasteiger partial charge is 0.243 e. The van der Waals surface area contributed by atoms with Gasteiger partial charge in [-0.25, -0.2) is 5.48 Å². The fourth-order valence-corrected chi connectivity index (χ4v) is 2.48. The van der Waals surface area contributed by atoms with Crippen molar-refractivity contribution in [3.05, 3.63) is 54.6 Å². The SMILES string of the molecule is NC(=NCCCCCCCC(=O)NOCc1ccncc1)Nc1ccncc1. The molecule has 8 heteroatoms. The number of rotatable bonds is 12. The minimum atomic E-state index is -0.0892. The second-order valence-corrected chi connectivity index (χ2v) is 6.31. The third-order valence-corrected chi connectivity index (χ3v) is 3.97. The minimum absolute atomic E-state index is 0.0892. The van der Waals surface area contributed by atoms with Crippen LogP contribution in [0.1, 0.15) is 44.1 Å². The Bertz CT molecular complexity index is 709. The van der Waals surface area contributed by atoms with Gasteiger partial charge in [0.2, 0.25) is 5.91 Å². The van der Waals surface area contributed by atoms with Gasteiger partial charge in [-0.3, -0.25) is 24.6 Å². The predicted octanol–water partition coefficient (Wildman–Crippen LogP) is 2.79. The van der Waals surface area contributed by atoms with Crippen molar-refractivity contribution >= 4 is 17.6 Å². The van der Waals surface area contributed by atoms with Gasteiger partial charge in [0.25, 0.3) is 0 Å². The van der Waals surface area contributed by atoms with Gasteiger partial charge in [-0.05, 0) is 42.7 Å². The van der Waals surface area contributed by atoms with Crippen LogP contribution in [0.3, 0.4) is 0 Å². The molecule has 0 radical (unpaired) electrons. The average molecular weight is 384 g/mol. The van der Waals surface area contributed by atoms with E-state index in [4.69, 9.17) is 10.6 Å². The van der Waals surface area contributed by atoms with Crippen LogP contribution in [0.2, 0.25) is 0 Å². The fraction of sp³-hybridized carbons (Fsp3) is 0.400. The summed E-state index contributed by atoms with van der Waals surface area (Å²) in [6.07, 6.45) is 12.2. The van der Waals surface area contributed by atoms with Gasteiger partial charge in [-0.2, -0.15) is 0 Å². The highest BCUT2D eigenvalue weighted by molar-refractivity contribution is 5.92. The van der Waals surface area contributed by atoms with E-state index in [0.29, 0.717) is 25.5 Å². The van der Waals surface area contributed by atoms with Crippen LogP contribution in [0, 0.1) is 0 Å². The van der Waals surface area contributed by atoms with Crippen molar-refractivity contribution in [3.8, 4) is 0 Å². The van der Waals surface area contributed by atoms with Gasteiger partial charge in [-0.1, -0.05) is 19.3 Å². The highest BCUT2D eigenvalue weighted by atomic mass is 16.6. The molecule has 28 heavy (non-hydrogen) atoms. The summed E-state index contributed by atoms with van der Waals surface area (Å²) in [6.45, 7) is 1.03. The second-order valence-electron chi connectivity index (χ2n) is 6.31. The molecule has 0 unspecified atom stereocenters. The van der Waals surface area contributed by atoms with Crippen LogP contribution in [-0.2, 0) is 16.2 Å². The molecule has 0 fully saturated rings. The van der Waals surface area contributed by atoms with E-state index in [1.165, 1.54) is 0 Å². The maximum Gasteiger partial charge on any atom is 0.243 e. The Morgan fingerprint density at radius 3 is 2.36 bits per heavy atom. The quantitative estimate of drug-likeness (QED) is 0.224. The molecule has 2 aromatic heterocycles. The number of nitrogens with one attached hydrogen (secondary N) is 2. The summed E-state index contributed by atoms with van der Waals surface area (Å²) in [4.78, 5) is 29.1. The van der Waals surface area contributed by atoms with Gasteiger partial charge in [0.05, 0.1) is 6.61 Å². The number of anilines is 1. The molecule has 0 saturated heterocycles. The lowest BCUT2D eigenvalue weighted by Crippen LogP contribution is -2.23. The number of unbranched alkanes of at least 4 members (excludes halogenated alkanes) is 4. The summed E-state index contributed by atoms with van der Waals surface area (Å²) < 4.78 is 0.